The fourth-order valence-electron chi connectivity index (χ4n) is 19.0. The lowest BCUT2D eigenvalue weighted by Gasteiger charge is -2.48. The second-order valence-corrected chi connectivity index (χ2v) is 32.0. The van der Waals surface area contributed by atoms with E-state index in [0.717, 1.165) is 131 Å². The quantitative estimate of drug-likeness (QED) is 0.145. The van der Waals surface area contributed by atoms with Gasteiger partial charge in [-0.05, 0) is 191 Å². The molecule has 0 radical (unpaired) electrons. The maximum Gasteiger partial charge on any atom is 0.264 e. The van der Waals surface area contributed by atoms with Crippen LogP contribution >= 0.6 is 22.7 Å². The van der Waals surface area contributed by atoms with Crippen molar-refractivity contribution in [2.75, 3.05) is 34.3 Å². The Balaban J connectivity index is 0.793. The van der Waals surface area contributed by atoms with E-state index in [1.165, 1.54) is 74.1 Å². The Morgan fingerprint density at radius 3 is 0.864 bits per heavy atom. The molecule has 7 aliphatic heterocycles. The van der Waals surface area contributed by atoms with Gasteiger partial charge in [-0.25, -0.2) is 0 Å². The highest BCUT2D eigenvalue weighted by Gasteiger charge is 2.52. The van der Waals surface area contributed by atoms with Crippen molar-refractivity contribution in [3.8, 4) is 23.0 Å². The van der Waals surface area contributed by atoms with Crippen LogP contribution in [-0.4, -0.2) is 13.4 Å². The lowest BCUT2D eigenvalue weighted by Crippen LogP contribution is -2.61. The van der Waals surface area contributed by atoms with Crippen LogP contribution in [0.2, 0.25) is 0 Å². The van der Waals surface area contributed by atoms with Crippen LogP contribution in [0.1, 0.15) is 25.0 Å². The van der Waals surface area contributed by atoms with E-state index in [1.54, 1.807) is 0 Å². The van der Waals surface area contributed by atoms with Gasteiger partial charge >= 0.3 is 0 Å². The second-order valence-electron chi connectivity index (χ2n) is 29.9. The Labute approximate surface area is 645 Å². The van der Waals surface area contributed by atoms with E-state index in [9.17, 15) is 0 Å². The molecule has 24 rings (SSSR count). The molecule has 15 aromatic carbocycles. The Kier molecular flexibility index (Phi) is 13.1. The lowest BCUT2D eigenvalue weighted by molar-refractivity contribution is 0.477. The topological polar surface area (TPSA) is 41.1 Å². The summed E-state index contributed by atoms with van der Waals surface area (Å²) in [6.45, 7) is 4.63. The molecule has 0 N–H and O–H groups in total. The van der Waals surface area contributed by atoms with Gasteiger partial charge in [0.25, 0.3) is 13.4 Å². The molecule has 0 unspecified atom stereocenters. The van der Waals surface area contributed by atoms with Gasteiger partial charge in [-0.3, -0.25) is 0 Å². The van der Waals surface area contributed by atoms with Crippen molar-refractivity contribution >= 4 is 207 Å². The Bertz CT molecular complexity index is 6260. The first-order chi connectivity index (χ1) is 54.4. The molecule has 9 nitrogen and oxygen atoms in total. The summed E-state index contributed by atoms with van der Waals surface area (Å²) in [6.07, 6.45) is 0. The van der Waals surface area contributed by atoms with Gasteiger partial charge in [-0.1, -0.05) is 202 Å². The molecule has 9 heterocycles. The molecule has 110 heavy (non-hydrogen) atoms. The van der Waals surface area contributed by atoms with Crippen LogP contribution in [0.25, 0.3) is 20.2 Å². The smallest absolute Gasteiger partial charge is 0.264 e. The number of hydrogen-bond acceptors (Lipinski definition) is 11. The number of rotatable bonds is 7. The third-order valence-corrected chi connectivity index (χ3v) is 26.1. The molecule has 0 fully saturated rings. The first-order valence-corrected chi connectivity index (χ1v) is 39.3. The Morgan fingerprint density at radius 2 is 0.518 bits per heavy atom. The van der Waals surface area contributed by atoms with E-state index in [-0.39, 0.29) is 13.4 Å². The lowest BCUT2D eigenvalue weighted by atomic mass is 9.35. The molecular formula is C97H63B2N7O2S2. The van der Waals surface area contributed by atoms with Crippen LogP contribution in [0.3, 0.4) is 0 Å². The van der Waals surface area contributed by atoms with E-state index >= 15 is 0 Å². The number of fused-ring (bicyclic) bond motifs is 18. The number of benzene rings is 15. The molecule has 17 aromatic rings. The summed E-state index contributed by atoms with van der Waals surface area (Å²) >= 11 is 3.87. The molecule has 0 bridgehead atoms. The van der Waals surface area contributed by atoms with Crippen LogP contribution in [0.5, 0.6) is 23.0 Å². The molecule has 2 aromatic heterocycles. The maximum absolute atomic E-state index is 6.79. The highest BCUT2D eigenvalue weighted by Crippen LogP contribution is 2.61. The zero-order chi connectivity index (χ0) is 72.2. The first kappa shape index (κ1) is 61.7. The van der Waals surface area contributed by atoms with Gasteiger partial charge in [0.2, 0.25) is 0 Å². The first-order valence-electron chi connectivity index (χ1n) is 37.7. The summed E-state index contributed by atoms with van der Waals surface area (Å²) in [6, 6.07) is 128. The molecule has 0 spiro atoms. The molecule has 13 heteroatoms. The van der Waals surface area contributed by atoms with Crippen molar-refractivity contribution in [1.82, 2.24) is 0 Å². The average molecular weight is 1440 g/mol. The summed E-state index contributed by atoms with van der Waals surface area (Å²) < 4.78 is 18.7. The molecule has 0 aliphatic carbocycles. The van der Waals surface area contributed by atoms with Gasteiger partial charge in [-0.2, -0.15) is 0 Å². The average Bonchev–Trinajstić information content (AvgIpc) is 1.33. The normalized spacial score (nSPS) is 14.5. The molecule has 0 amide bonds. The summed E-state index contributed by atoms with van der Waals surface area (Å²) in [5, 5.41) is 2.46. The van der Waals surface area contributed by atoms with Gasteiger partial charge in [0, 0.05) is 97.7 Å². The largest absolute Gasteiger partial charge is 0.453 e. The summed E-state index contributed by atoms with van der Waals surface area (Å²) in [7, 11) is 0. The van der Waals surface area contributed by atoms with Crippen LogP contribution in [0.15, 0.2) is 346 Å². The van der Waals surface area contributed by atoms with Gasteiger partial charge < -0.3 is 43.8 Å². The fourth-order valence-corrected chi connectivity index (χ4v) is 21.7. The summed E-state index contributed by atoms with van der Waals surface area (Å²) in [5.41, 5.74) is 29.7. The van der Waals surface area contributed by atoms with Crippen LogP contribution in [-0.2, 0) is 5.41 Å². The number of ether oxygens (including phenoxy) is 2. The highest BCUT2D eigenvalue weighted by molar-refractivity contribution is 7.34. The predicted octanol–water partition coefficient (Wildman–Crippen LogP) is 23.5. The monoisotopic (exact) mass is 1440 g/mol. The number of hydrogen-bond donors (Lipinski definition) is 0. The number of anilines is 21. The third kappa shape index (κ3) is 8.69. The highest BCUT2D eigenvalue weighted by atomic mass is 32.1. The minimum absolute atomic E-state index is 0.184. The Morgan fingerprint density at radius 1 is 0.245 bits per heavy atom. The number of para-hydroxylation sites is 13. The van der Waals surface area contributed by atoms with Crippen molar-refractivity contribution in [1.29, 1.82) is 0 Å². The van der Waals surface area contributed by atoms with Crippen molar-refractivity contribution in [3.05, 3.63) is 357 Å². The van der Waals surface area contributed by atoms with E-state index < -0.39 is 5.41 Å². The maximum atomic E-state index is 6.79. The van der Waals surface area contributed by atoms with Crippen LogP contribution in [0.4, 0.5) is 119 Å². The third-order valence-electron chi connectivity index (χ3n) is 23.6. The van der Waals surface area contributed by atoms with Gasteiger partial charge in [0.05, 0.1) is 56.9 Å². The van der Waals surface area contributed by atoms with Crippen molar-refractivity contribution < 1.29 is 9.47 Å². The minimum Gasteiger partial charge on any atom is -0.453 e. The summed E-state index contributed by atoms with van der Waals surface area (Å²) in [5.74, 6) is 3.21. The molecular weight excluding hydrogens is 1380 g/mol. The fraction of sp³-hybridized carbons (Fsp3) is 0.0309. The Hall–Kier alpha value is -13.5. The molecule has 0 saturated heterocycles. The zero-order valence-corrected chi connectivity index (χ0v) is 61.5. The van der Waals surface area contributed by atoms with Gasteiger partial charge in [-0.15, -0.1) is 22.7 Å². The van der Waals surface area contributed by atoms with Crippen molar-refractivity contribution in [2.24, 2.45) is 0 Å². The van der Waals surface area contributed by atoms with E-state index in [0.29, 0.717) is 0 Å². The van der Waals surface area contributed by atoms with Crippen molar-refractivity contribution in [2.45, 2.75) is 19.3 Å². The molecule has 0 atom stereocenters. The van der Waals surface area contributed by atoms with E-state index in [4.69, 9.17) is 9.47 Å². The number of nitrogens with zero attached hydrogens (tertiary/aromatic N) is 7. The minimum atomic E-state index is -0.592. The van der Waals surface area contributed by atoms with E-state index in [1.807, 2.05) is 22.7 Å². The van der Waals surface area contributed by atoms with Crippen LogP contribution < -0.4 is 75.2 Å². The molecule has 516 valence electrons. The second kappa shape index (κ2) is 23.3. The standard InChI is InChI=1S/C97H63B2N7O2S2/c1-97(2)69-56-71-79(101(61-32-10-4-11-33-61)81-52-65(103-73-42-20-24-46-85(73)107-86-47-25-21-43-74(86)103)54-83-91(81)98(71)95-93(67-40-18-28-50-89(67)109-95)105(83)63-36-14-6-15-37-63)58-77(69)100(60-30-8-3-9-31-60)78-59-80-72(57-70(78)97)99-92-82(102(80)62-34-12-5-13-35-62)53-66(104-75-44-22-26-48-87(75)108-88-49-27-23-45-76(88)104)55-84(92)106(64-38-16-7-17-39-64)94-68-41-19-29-51-90(68)110-96(94)99/h3-59H,1-2H3. The van der Waals surface area contributed by atoms with E-state index in [2.05, 4.69) is 394 Å². The zero-order valence-electron chi connectivity index (χ0n) is 59.8. The van der Waals surface area contributed by atoms with Crippen LogP contribution in [0, 0.1) is 0 Å². The van der Waals surface area contributed by atoms with Gasteiger partial charge in [0.1, 0.15) is 0 Å². The summed E-state index contributed by atoms with van der Waals surface area (Å²) in [4.78, 5) is 17.8. The predicted molar refractivity (Wildman–Crippen MR) is 462 cm³/mol. The van der Waals surface area contributed by atoms with Gasteiger partial charge in [0.15, 0.2) is 23.0 Å². The number of thiophene rings is 2. The SMILES string of the molecule is CC1(C)c2cc3c(cc2N(c2ccccc2)c2cc4c(cc21)B1c2sc5ccccc5c2N(c2ccccc2)c2cc(N5c6ccccc6Oc6ccccc65)cc(c21)N4c1ccccc1)N(c1ccccc1)c1cc(N2c4ccccc4Oc4ccccc42)cc2c1B3c1sc3ccccc3c1N2c1ccccc1. The molecule has 0 saturated carbocycles. The van der Waals surface area contributed by atoms with Crippen molar-refractivity contribution in [3.63, 3.8) is 0 Å². The molecule has 7 aliphatic rings.